The molecule has 7 nitrogen and oxygen atoms in total. The summed E-state index contributed by atoms with van der Waals surface area (Å²) in [7, 11) is 0. The van der Waals surface area contributed by atoms with Gasteiger partial charge < -0.3 is 18.8 Å². The number of nitrogens with zero attached hydrogens (tertiary/aromatic N) is 2. The molecule has 0 aromatic carbocycles. The van der Waals surface area contributed by atoms with Crippen LogP contribution in [0.15, 0.2) is 44.0 Å². The van der Waals surface area contributed by atoms with E-state index in [1.54, 1.807) is 37.5 Å². The van der Waals surface area contributed by atoms with E-state index in [4.69, 9.17) is 13.5 Å². The predicted molar refractivity (Wildman–Crippen MR) is 75.0 cm³/mol. The normalized spacial score (nSPS) is 15.7. The van der Waals surface area contributed by atoms with Gasteiger partial charge >= 0.3 is 0 Å². The van der Waals surface area contributed by atoms with Crippen LogP contribution in [-0.4, -0.2) is 16.2 Å². The number of rotatable bonds is 4. The summed E-state index contributed by atoms with van der Waals surface area (Å²) in [5.74, 6) is 1.99. The standard InChI is InChI=1S/C15H13N3O4/c1-9-7-13(18-21-9)16-14(19)15(4-5-15)12-8-11(22-17-12)10-3-2-6-20-10/h2-3,6-8H,4-5H2,1H3,(H,16,18,19). The molecule has 0 spiro atoms. The minimum Gasteiger partial charge on any atom is -0.461 e. The average molecular weight is 299 g/mol. The van der Waals surface area contributed by atoms with Crippen LogP contribution in [0.3, 0.4) is 0 Å². The maximum atomic E-state index is 12.5. The van der Waals surface area contributed by atoms with Crippen molar-refractivity contribution in [2.45, 2.75) is 25.2 Å². The number of hydrogen-bond acceptors (Lipinski definition) is 6. The van der Waals surface area contributed by atoms with Crippen molar-refractivity contribution in [3.8, 4) is 11.5 Å². The third-order valence-electron chi connectivity index (χ3n) is 3.82. The molecule has 0 atom stereocenters. The molecule has 1 N–H and O–H groups in total. The molecule has 4 rings (SSSR count). The minimum atomic E-state index is -0.652. The van der Waals surface area contributed by atoms with Gasteiger partial charge in [-0.25, -0.2) is 0 Å². The first-order chi connectivity index (χ1) is 10.7. The molecule has 0 bridgehead atoms. The van der Waals surface area contributed by atoms with Crippen molar-refractivity contribution in [2.24, 2.45) is 0 Å². The molecule has 1 aliphatic rings. The Bertz CT molecular complexity index is 812. The molecule has 0 radical (unpaired) electrons. The number of furan rings is 1. The van der Waals surface area contributed by atoms with Gasteiger partial charge in [0.05, 0.1) is 17.4 Å². The highest BCUT2D eigenvalue weighted by Gasteiger charge is 2.54. The Morgan fingerprint density at radius 1 is 1.23 bits per heavy atom. The number of amides is 1. The van der Waals surface area contributed by atoms with Crippen molar-refractivity contribution in [3.63, 3.8) is 0 Å². The van der Waals surface area contributed by atoms with Crippen molar-refractivity contribution < 1.29 is 18.3 Å². The van der Waals surface area contributed by atoms with Gasteiger partial charge in [0, 0.05) is 12.1 Å². The Morgan fingerprint density at radius 2 is 2.09 bits per heavy atom. The van der Waals surface area contributed by atoms with E-state index in [-0.39, 0.29) is 5.91 Å². The lowest BCUT2D eigenvalue weighted by molar-refractivity contribution is -0.118. The van der Waals surface area contributed by atoms with Gasteiger partial charge in [-0.2, -0.15) is 0 Å². The zero-order valence-corrected chi connectivity index (χ0v) is 11.8. The number of nitrogens with one attached hydrogen (secondary N) is 1. The summed E-state index contributed by atoms with van der Waals surface area (Å²) in [4.78, 5) is 12.5. The van der Waals surface area contributed by atoms with Crippen LogP contribution in [0.1, 0.15) is 24.3 Å². The number of aromatic nitrogens is 2. The number of anilines is 1. The maximum absolute atomic E-state index is 12.5. The molecule has 0 saturated heterocycles. The van der Waals surface area contributed by atoms with E-state index >= 15 is 0 Å². The van der Waals surface area contributed by atoms with E-state index in [0.29, 0.717) is 28.8 Å². The van der Waals surface area contributed by atoms with Crippen LogP contribution < -0.4 is 5.32 Å². The number of aryl methyl sites for hydroxylation is 1. The van der Waals surface area contributed by atoms with E-state index in [2.05, 4.69) is 15.6 Å². The van der Waals surface area contributed by atoms with Crippen molar-refractivity contribution in [1.82, 2.24) is 10.3 Å². The minimum absolute atomic E-state index is 0.153. The van der Waals surface area contributed by atoms with E-state index in [1.807, 2.05) is 0 Å². The van der Waals surface area contributed by atoms with Crippen molar-refractivity contribution in [1.29, 1.82) is 0 Å². The lowest BCUT2D eigenvalue weighted by atomic mass is 10.0. The summed E-state index contributed by atoms with van der Waals surface area (Å²) in [6.45, 7) is 1.77. The Kier molecular flexibility index (Phi) is 2.69. The second kappa shape index (κ2) is 4.59. The Labute approximate surface area is 125 Å². The third kappa shape index (κ3) is 2.02. The highest BCUT2D eigenvalue weighted by atomic mass is 16.5. The molecular formula is C15H13N3O4. The molecule has 3 aromatic rings. The summed E-state index contributed by atoms with van der Waals surface area (Å²) in [6.07, 6.45) is 3.00. The van der Waals surface area contributed by atoms with Gasteiger partial charge in [-0.1, -0.05) is 10.3 Å². The van der Waals surface area contributed by atoms with E-state index in [0.717, 1.165) is 12.8 Å². The first-order valence-electron chi connectivity index (χ1n) is 6.93. The third-order valence-corrected chi connectivity index (χ3v) is 3.82. The van der Waals surface area contributed by atoms with Crippen LogP contribution in [0.5, 0.6) is 0 Å². The SMILES string of the molecule is Cc1cc(NC(=O)C2(c3cc(-c4ccco4)on3)CC2)no1. The second-order valence-electron chi connectivity index (χ2n) is 5.41. The van der Waals surface area contributed by atoms with Crippen molar-refractivity contribution >= 4 is 11.7 Å². The van der Waals surface area contributed by atoms with Crippen molar-refractivity contribution in [3.05, 3.63) is 42.0 Å². The van der Waals surface area contributed by atoms with Gasteiger partial charge in [-0.15, -0.1) is 0 Å². The molecule has 1 amide bonds. The van der Waals surface area contributed by atoms with Crippen LogP contribution >= 0.6 is 0 Å². The van der Waals surface area contributed by atoms with Crippen LogP contribution in [0.2, 0.25) is 0 Å². The molecule has 112 valence electrons. The summed E-state index contributed by atoms with van der Waals surface area (Å²) < 4.78 is 15.5. The van der Waals surface area contributed by atoms with Gasteiger partial charge in [-0.05, 0) is 31.9 Å². The molecule has 1 aliphatic carbocycles. The van der Waals surface area contributed by atoms with Gasteiger partial charge in [0.2, 0.25) is 11.7 Å². The molecule has 0 aliphatic heterocycles. The molecule has 7 heteroatoms. The van der Waals surface area contributed by atoms with Gasteiger partial charge in [0.25, 0.3) is 0 Å². The smallest absolute Gasteiger partial charge is 0.238 e. The first-order valence-corrected chi connectivity index (χ1v) is 6.93. The average Bonchev–Trinajstić information content (AvgIpc) is 2.93. The highest BCUT2D eigenvalue weighted by molar-refractivity contribution is 6.00. The van der Waals surface area contributed by atoms with Crippen LogP contribution in [0.4, 0.5) is 5.82 Å². The Hall–Kier alpha value is -2.83. The summed E-state index contributed by atoms with van der Waals surface area (Å²) in [5.41, 5.74) is -0.0436. The largest absolute Gasteiger partial charge is 0.461 e. The fraction of sp³-hybridized carbons (Fsp3) is 0.267. The predicted octanol–water partition coefficient (Wildman–Crippen LogP) is 2.90. The van der Waals surface area contributed by atoms with E-state index < -0.39 is 5.41 Å². The summed E-state index contributed by atoms with van der Waals surface area (Å²) in [6, 6.07) is 6.97. The maximum Gasteiger partial charge on any atom is 0.238 e. The molecule has 0 unspecified atom stereocenters. The van der Waals surface area contributed by atoms with Gasteiger partial charge in [0.15, 0.2) is 11.6 Å². The lowest BCUT2D eigenvalue weighted by Gasteiger charge is -2.09. The monoisotopic (exact) mass is 299 g/mol. The van der Waals surface area contributed by atoms with Crippen LogP contribution in [0.25, 0.3) is 11.5 Å². The first kappa shape index (κ1) is 12.9. The zero-order chi connectivity index (χ0) is 15.2. The zero-order valence-electron chi connectivity index (χ0n) is 11.8. The fourth-order valence-electron chi connectivity index (χ4n) is 2.42. The molecule has 3 aromatic heterocycles. The number of hydrogen-bond donors (Lipinski definition) is 1. The van der Waals surface area contributed by atoms with Crippen LogP contribution in [0, 0.1) is 6.92 Å². The lowest BCUT2D eigenvalue weighted by Crippen LogP contribution is -2.28. The molecule has 22 heavy (non-hydrogen) atoms. The topological polar surface area (TPSA) is 94.3 Å². The number of carbonyl (C=O) groups is 1. The van der Waals surface area contributed by atoms with Gasteiger partial charge in [0.1, 0.15) is 5.76 Å². The highest BCUT2D eigenvalue weighted by Crippen LogP contribution is 2.49. The van der Waals surface area contributed by atoms with Gasteiger partial charge in [-0.3, -0.25) is 4.79 Å². The molecule has 1 saturated carbocycles. The molecular weight excluding hydrogens is 286 g/mol. The Morgan fingerprint density at radius 3 is 2.73 bits per heavy atom. The quantitative estimate of drug-likeness (QED) is 0.796. The van der Waals surface area contributed by atoms with E-state index in [1.165, 1.54) is 0 Å². The summed E-state index contributed by atoms with van der Waals surface area (Å²) >= 11 is 0. The van der Waals surface area contributed by atoms with E-state index in [9.17, 15) is 4.79 Å². The Balaban J connectivity index is 1.57. The molecule has 3 heterocycles. The van der Waals surface area contributed by atoms with Crippen LogP contribution in [-0.2, 0) is 10.2 Å². The number of carbonyl (C=O) groups excluding carboxylic acids is 1. The second-order valence-corrected chi connectivity index (χ2v) is 5.41. The summed E-state index contributed by atoms with van der Waals surface area (Å²) in [5, 5.41) is 10.6. The van der Waals surface area contributed by atoms with Crippen molar-refractivity contribution in [2.75, 3.05) is 5.32 Å². The molecule has 1 fully saturated rings. The fourth-order valence-corrected chi connectivity index (χ4v) is 2.42.